The summed E-state index contributed by atoms with van der Waals surface area (Å²) < 4.78 is 34.0. The van der Waals surface area contributed by atoms with Crippen molar-refractivity contribution < 1.29 is 22.9 Å². The van der Waals surface area contributed by atoms with Crippen molar-refractivity contribution in [1.29, 1.82) is 0 Å². The number of alkyl halides is 1. The molecule has 1 aliphatic heterocycles. The van der Waals surface area contributed by atoms with E-state index in [1.807, 2.05) is 30.3 Å². The summed E-state index contributed by atoms with van der Waals surface area (Å²) in [7, 11) is 0. The van der Waals surface area contributed by atoms with Gasteiger partial charge >= 0.3 is 5.76 Å². The summed E-state index contributed by atoms with van der Waals surface area (Å²) >= 11 is 0. The van der Waals surface area contributed by atoms with Crippen LogP contribution in [0.4, 0.5) is 8.78 Å². The first-order valence-electron chi connectivity index (χ1n) is 11.5. The van der Waals surface area contributed by atoms with Crippen LogP contribution in [-0.4, -0.2) is 46.1 Å². The molecule has 0 spiro atoms. The zero-order valence-corrected chi connectivity index (χ0v) is 18.7. The highest BCUT2D eigenvalue weighted by atomic mass is 19.1. The number of carbonyl (C=O) groups excluding carboxylic acids is 2. The van der Waals surface area contributed by atoms with Crippen molar-refractivity contribution in [2.24, 2.45) is 5.92 Å². The van der Waals surface area contributed by atoms with Crippen LogP contribution in [0.25, 0.3) is 0 Å². The summed E-state index contributed by atoms with van der Waals surface area (Å²) in [5, 5.41) is 6.31. The summed E-state index contributed by atoms with van der Waals surface area (Å²) in [6.07, 6.45) is 0.0972. The number of hydrogen-bond donors (Lipinski definition) is 2. The van der Waals surface area contributed by atoms with E-state index in [4.69, 9.17) is 0 Å². The second-order valence-corrected chi connectivity index (χ2v) is 9.05. The first-order chi connectivity index (χ1) is 16.9. The van der Waals surface area contributed by atoms with Crippen LogP contribution in [0.5, 0.6) is 0 Å². The number of likely N-dealkylation sites (tertiary alicyclic amines) is 1. The first kappa shape index (κ1) is 22.9. The number of nitrogens with zero attached hydrogens (tertiary/aromatic N) is 2. The van der Waals surface area contributed by atoms with E-state index in [0.29, 0.717) is 11.1 Å². The van der Waals surface area contributed by atoms with Crippen molar-refractivity contribution in [2.45, 2.75) is 37.4 Å². The topological polar surface area (TPSA) is 108 Å². The van der Waals surface area contributed by atoms with E-state index in [9.17, 15) is 23.2 Å². The number of rotatable bonds is 7. The van der Waals surface area contributed by atoms with Crippen molar-refractivity contribution in [1.82, 2.24) is 20.4 Å². The summed E-state index contributed by atoms with van der Waals surface area (Å²) in [4.78, 5) is 40.2. The molecule has 35 heavy (non-hydrogen) atoms. The Balaban J connectivity index is 1.32. The molecule has 10 heteroatoms. The SMILES string of the molecule is O=C(N[C@@H](c1ccccc1)c1ccc(C2CC2)c(F)c1)C1CN(C(=O)Cc2noc(=O)[nH]2)C[C@@H]1F. The summed E-state index contributed by atoms with van der Waals surface area (Å²) in [6.45, 7) is -0.371. The molecule has 0 radical (unpaired) electrons. The van der Waals surface area contributed by atoms with Crippen LogP contribution in [0, 0.1) is 11.7 Å². The zero-order chi connectivity index (χ0) is 24.5. The fraction of sp³-hybridized carbons (Fsp3) is 0.360. The average molecular weight is 482 g/mol. The van der Waals surface area contributed by atoms with Crippen molar-refractivity contribution in [2.75, 3.05) is 13.1 Å². The molecule has 2 heterocycles. The van der Waals surface area contributed by atoms with Gasteiger partial charge in [-0.1, -0.05) is 47.6 Å². The maximum atomic E-state index is 14.9. The normalized spacial score (nSPS) is 20.6. The molecule has 3 atom stereocenters. The Morgan fingerprint density at radius 1 is 1.14 bits per heavy atom. The van der Waals surface area contributed by atoms with Gasteiger partial charge in [-0.3, -0.25) is 19.1 Å². The van der Waals surface area contributed by atoms with Crippen molar-refractivity contribution in [3.8, 4) is 0 Å². The predicted octanol–water partition coefficient (Wildman–Crippen LogP) is 2.62. The van der Waals surface area contributed by atoms with Gasteiger partial charge in [-0.15, -0.1) is 0 Å². The third kappa shape index (κ3) is 5.01. The van der Waals surface area contributed by atoms with Gasteiger partial charge in [0, 0.05) is 6.54 Å². The molecule has 2 amide bonds. The maximum absolute atomic E-state index is 14.9. The summed E-state index contributed by atoms with van der Waals surface area (Å²) in [5.41, 5.74) is 1.97. The minimum Gasteiger partial charge on any atom is -0.345 e. The molecule has 2 aliphatic rings. The van der Waals surface area contributed by atoms with E-state index in [1.165, 1.54) is 11.0 Å². The minimum absolute atomic E-state index is 0.0316. The zero-order valence-electron chi connectivity index (χ0n) is 18.7. The Morgan fingerprint density at radius 2 is 1.91 bits per heavy atom. The Labute approximate surface area is 199 Å². The van der Waals surface area contributed by atoms with Crippen LogP contribution < -0.4 is 11.1 Å². The molecule has 2 aromatic carbocycles. The standard InChI is InChI=1S/C25H24F2N4O4/c26-19-10-16(8-9-17(19)14-6-7-14)23(15-4-2-1-3-5-15)29-24(33)18-12-31(13-20(18)27)22(32)11-21-28-25(34)35-30-21/h1-5,8-10,14,18,20,23H,6-7,11-13H2,(H,29,33)(H,28,30,34)/t18?,20-,23-/m0/s1. The lowest BCUT2D eigenvalue weighted by Crippen LogP contribution is -2.39. The molecule has 5 rings (SSSR count). The number of amides is 2. The van der Waals surface area contributed by atoms with Crippen LogP contribution in [0.1, 0.15) is 47.3 Å². The van der Waals surface area contributed by atoms with E-state index in [0.717, 1.165) is 18.4 Å². The average Bonchev–Trinajstić information content (AvgIpc) is 3.49. The molecule has 2 N–H and O–H groups in total. The second kappa shape index (κ2) is 9.44. The Morgan fingerprint density at radius 3 is 2.57 bits per heavy atom. The van der Waals surface area contributed by atoms with Crippen LogP contribution in [-0.2, 0) is 16.0 Å². The van der Waals surface area contributed by atoms with Crippen molar-refractivity contribution in [3.63, 3.8) is 0 Å². The molecule has 1 saturated heterocycles. The Bertz CT molecular complexity index is 1290. The number of halogens is 2. The van der Waals surface area contributed by atoms with E-state index in [2.05, 4.69) is 20.0 Å². The Kier molecular flexibility index (Phi) is 6.19. The maximum Gasteiger partial charge on any atom is 0.438 e. The van der Waals surface area contributed by atoms with Gasteiger partial charge in [0.25, 0.3) is 0 Å². The summed E-state index contributed by atoms with van der Waals surface area (Å²) in [5.74, 6) is -2.96. The fourth-order valence-corrected chi connectivity index (χ4v) is 4.51. The minimum atomic E-state index is -1.57. The monoisotopic (exact) mass is 482 g/mol. The lowest BCUT2D eigenvalue weighted by atomic mass is 9.95. The van der Waals surface area contributed by atoms with Gasteiger partial charge in [-0.2, -0.15) is 0 Å². The molecule has 1 unspecified atom stereocenters. The highest BCUT2D eigenvalue weighted by Crippen LogP contribution is 2.42. The third-order valence-corrected chi connectivity index (χ3v) is 6.54. The Hall–Kier alpha value is -3.82. The van der Waals surface area contributed by atoms with Crippen LogP contribution in [0.3, 0.4) is 0 Å². The quantitative estimate of drug-likeness (QED) is 0.538. The number of H-pyrrole nitrogens is 1. The molecule has 8 nitrogen and oxygen atoms in total. The number of carbonyl (C=O) groups is 2. The predicted molar refractivity (Wildman–Crippen MR) is 121 cm³/mol. The molecule has 0 bridgehead atoms. The van der Waals surface area contributed by atoms with Gasteiger partial charge < -0.3 is 10.2 Å². The second-order valence-electron chi connectivity index (χ2n) is 9.05. The van der Waals surface area contributed by atoms with Gasteiger partial charge in [-0.25, -0.2) is 13.6 Å². The molecule has 1 aromatic heterocycles. The molecule has 2 fully saturated rings. The smallest absolute Gasteiger partial charge is 0.345 e. The third-order valence-electron chi connectivity index (χ3n) is 6.54. The van der Waals surface area contributed by atoms with Crippen LogP contribution >= 0.6 is 0 Å². The molecular formula is C25H24F2N4O4. The number of hydrogen-bond acceptors (Lipinski definition) is 5. The van der Waals surface area contributed by atoms with Gasteiger partial charge in [0.1, 0.15) is 12.0 Å². The van der Waals surface area contributed by atoms with E-state index in [1.54, 1.807) is 12.1 Å². The largest absolute Gasteiger partial charge is 0.438 e. The summed E-state index contributed by atoms with van der Waals surface area (Å²) in [6, 6.07) is 13.4. The highest BCUT2D eigenvalue weighted by Gasteiger charge is 2.41. The van der Waals surface area contributed by atoms with Gasteiger partial charge in [-0.05, 0) is 41.5 Å². The fourth-order valence-electron chi connectivity index (χ4n) is 4.51. The van der Waals surface area contributed by atoms with E-state index in [-0.39, 0.29) is 37.1 Å². The first-order valence-corrected chi connectivity index (χ1v) is 11.5. The van der Waals surface area contributed by atoms with E-state index >= 15 is 0 Å². The number of aromatic amines is 1. The van der Waals surface area contributed by atoms with Crippen LogP contribution in [0.2, 0.25) is 0 Å². The molecule has 1 aliphatic carbocycles. The molecule has 182 valence electrons. The van der Waals surface area contributed by atoms with Crippen LogP contribution in [0.15, 0.2) is 57.8 Å². The van der Waals surface area contributed by atoms with Gasteiger partial charge in [0.05, 0.1) is 24.9 Å². The highest BCUT2D eigenvalue weighted by molar-refractivity contribution is 5.84. The lowest BCUT2D eigenvalue weighted by Gasteiger charge is -2.23. The van der Waals surface area contributed by atoms with E-state index < -0.39 is 35.7 Å². The van der Waals surface area contributed by atoms with Crippen molar-refractivity contribution >= 4 is 11.8 Å². The molecule has 3 aromatic rings. The molecule has 1 saturated carbocycles. The molecular weight excluding hydrogens is 458 g/mol. The number of benzene rings is 2. The van der Waals surface area contributed by atoms with Gasteiger partial charge in [0.2, 0.25) is 11.8 Å². The lowest BCUT2D eigenvalue weighted by molar-refractivity contribution is -0.130. The number of aromatic nitrogens is 2. The van der Waals surface area contributed by atoms with Crippen molar-refractivity contribution in [3.05, 3.63) is 87.4 Å². The van der Waals surface area contributed by atoms with Gasteiger partial charge in [0.15, 0.2) is 5.82 Å². The number of nitrogens with one attached hydrogen (secondary N) is 2.